The van der Waals surface area contributed by atoms with Crippen LogP contribution in [0.25, 0.3) is 0 Å². The Bertz CT molecular complexity index is 942. The van der Waals surface area contributed by atoms with E-state index in [0.717, 1.165) is 19.3 Å². The molecule has 174 valence electrons. The number of carbonyl (C=O) groups excluding carboxylic acids is 1. The van der Waals surface area contributed by atoms with Crippen molar-refractivity contribution in [3.05, 3.63) is 96.6 Å². The summed E-state index contributed by atoms with van der Waals surface area (Å²) in [6.45, 7) is 9.54. The molecular weight excluding hydrogens is 424 g/mol. The third-order valence-corrected chi connectivity index (χ3v) is 11.1. The Morgan fingerprint density at radius 1 is 0.788 bits per heavy atom. The second-order valence-electron chi connectivity index (χ2n) is 9.59. The van der Waals surface area contributed by atoms with E-state index in [1.54, 1.807) is 12.1 Å². The van der Waals surface area contributed by atoms with Crippen LogP contribution in [0.2, 0.25) is 5.04 Å². The van der Waals surface area contributed by atoms with Crippen LogP contribution in [-0.4, -0.2) is 27.0 Å². The van der Waals surface area contributed by atoms with Gasteiger partial charge in [0.1, 0.15) is 0 Å². The Labute approximate surface area is 199 Å². The lowest BCUT2D eigenvalue weighted by Gasteiger charge is -2.43. The second-order valence-corrected chi connectivity index (χ2v) is 13.9. The SMILES string of the molecule is C[C@@H](CCCCO[Si](c1ccccc1)(c1ccccc1)C(C)(C)C)OC(=O)c1ccccc1. The Morgan fingerprint density at radius 3 is 1.76 bits per heavy atom. The van der Waals surface area contributed by atoms with Crippen molar-refractivity contribution in [2.75, 3.05) is 6.61 Å². The predicted octanol–water partition coefficient (Wildman–Crippen LogP) is 5.98. The van der Waals surface area contributed by atoms with Gasteiger partial charge in [-0.05, 0) is 53.7 Å². The number of carbonyl (C=O) groups is 1. The minimum absolute atomic E-state index is 0.0196. The van der Waals surface area contributed by atoms with Crippen molar-refractivity contribution in [2.45, 2.75) is 58.1 Å². The van der Waals surface area contributed by atoms with Crippen LogP contribution < -0.4 is 10.4 Å². The fourth-order valence-corrected chi connectivity index (χ4v) is 9.01. The van der Waals surface area contributed by atoms with Crippen LogP contribution in [-0.2, 0) is 9.16 Å². The lowest BCUT2D eigenvalue weighted by Crippen LogP contribution is -2.66. The zero-order valence-corrected chi connectivity index (χ0v) is 21.3. The number of benzene rings is 3. The number of ether oxygens (including phenoxy) is 1. The first-order valence-electron chi connectivity index (χ1n) is 11.9. The molecular formula is C29H36O3Si. The van der Waals surface area contributed by atoms with Crippen LogP contribution in [0.1, 0.15) is 57.3 Å². The Kier molecular flexibility index (Phi) is 8.65. The molecule has 33 heavy (non-hydrogen) atoms. The van der Waals surface area contributed by atoms with Gasteiger partial charge in [0.25, 0.3) is 8.32 Å². The molecule has 0 amide bonds. The van der Waals surface area contributed by atoms with Gasteiger partial charge in [0.2, 0.25) is 0 Å². The second kappa shape index (κ2) is 11.4. The highest BCUT2D eigenvalue weighted by molar-refractivity contribution is 6.99. The van der Waals surface area contributed by atoms with Gasteiger partial charge in [-0.15, -0.1) is 0 Å². The quantitative estimate of drug-likeness (QED) is 0.212. The molecule has 1 atom stereocenters. The topological polar surface area (TPSA) is 35.5 Å². The van der Waals surface area contributed by atoms with Crippen molar-refractivity contribution in [3.63, 3.8) is 0 Å². The van der Waals surface area contributed by atoms with Gasteiger partial charge in [0.15, 0.2) is 0 Å². The molecule has 0 unspecified atom stereocenters. The summed E-state index contributed by atoms with van der Waals surface area (Å²) in [5.74, 6) is -0.258. The van der Waals surface area contributed by atoms with Crippen molar-refractivity contribution < 1.29 is 14.0 Å². The summed E-state index contributed by atoms with van der Waals surface area (Å²) in [7, 11) is -2.48. The van der Waals surface area contributed by atoms with Gasteiger partial charge in [0, 0.05) is 6.61 Å². The van der Waals surface area contributed by atoms with Crippen molar-refractivity contribution in [1.82, 2.24) is 0 Å². The number of hydrogen-bond acceptors (Lipinski definition) is 3. The summed E-state index contributed by atoms with van der Waals surface area (Å²) in [5.41, 5.74) is 0.597. The van der Waals surface area contributed by atoms with Gasteiger partial charge in [-0.25, -0.2) is 4.79 Å². The Balaban J connectivity index is 1.63. The molecule has 0 radical (unpaired) electrons. The molecule has 0 aliphatic rings. The molecule has 4 heteroatoms. The molecule has 3 aromatic carbocycles. The number of esters is 1. The lowest BCUT2D eigenvalue weighted by molar-refractivity contribution is 0.0318. The van der Waals surface area contributed by atoms with E-state index in [4.69, 9.17) is 9.16 Å². The predicted molar refractivity (Wildman–Crippen MR) is 139 cm³/mol. The monoisotopic (exact) mass is 460 g/mol. The zero-order chi connectivity index (χ0) is 23.7. The van der Waals surface area contributed by atoms with Crippen LogP contribution >= 0.6 is 0 Å². The van der Waals surface area contributed by atoms with E-state index in [1.807, 2.05) is 25.1 Å². The Hall–Kier alpha value is -2.69. The van der Waals surface area contributed by atoms with Gasteiger partial charge in [-0.3, -0.25) is 0 Å². The number of rotatable bonds is 10. The molecule has 3 aromatic rings. The summed E-state index contributed by atoms with van der Waals surface area (Å²) < 4.78 is 12.5. The molecule has 0 spiro atoms. The number of unbranched alkanes of at least 4 members (excludes halogenated alkanes) is 1. The first-order valence-corrected chi connectivity index (χ1v) is 13.8. The highest BCUT2D eigenvalue weighted by Crippen LogP contribution is 2.36. The maximum atomic E-state index is 12.3. The average molecular weight is 461 g/mol. The largest absolute Gasteiger partial charge is 0.459 e. The molecule has 0 bridgehead atoms. The van der Waals surface area contributed by atoms with E-state index in [0.29, 0.717) is 12.2 Å². The summed E-state index contributed by atoms with van der Waals surface area (Å²) in [4.78, 5) is 12.3. The molecule has 0 aliphatic carbocycles. The molecule has 0 saturated heterocycles. The van der Waals surface area contributed by atoms with E-state index >= 15 is 0 Å². The van der Waals surface area contributed by atoms with Gasteiger partial charge >= 0.3 is 5.97 Å². The van der Waals surface area contributed by atoms with Gasteiger partial charge < -0.3 is 9.16 Å². The van der Waals surface area contributed by atoms with E-state index in [9.17, 15) is 4.79 Å². The number of hydrogen-bond donors (Lipinski definition) is 0. The summed E-state index contributed by atoms with van der Waals surface area (Å²) >= 11 is 0. The molecule has 0 fully saturated rings. The van der Waals surface area contributed by atoms with Crippen LogP contribution in [0.4, 0.5) is 0 Å². The molecule has 0 aromatic heterocycles. The third kappa shape index (κ3) is 6.21. The molecule has 3 nitrogen and oxygen atoms in total. The summed E-state index contributed by atoms with van der Waals surface area (Å²) in [6, 6.07) is 30.6. The molecule has 0 heterocycles. The average Bonchev–Trinajstić information content (AvgIpc) is 2.82. The fourth-order valence-electron chi connectivity index (χ4n) is 4.40. The smallest absolute Gasteiger partial charge is 0.338 e. The highest BCUT2D eigenvalue weighted by atomic mass is 28.4. The van der Waals surface area contributed by atoms with Crippen molar-refractivity contribution in [1.29, 1.82) is 0 Å². The van der Waals surface area contributed by atoms with Crippen LogP contribution in [0.5, 0.6) is 0 Å². The Morgan fingerprint density at radius 2 is 1.27 bits per heavy atom. The molecule has 3 rings (SSSR count). The van der Waals surface area contributed by atoms with E-state index in [-0.39, 0.29) is 17.1 Å². The van der Waals surface area contributed by atoms with Crippen molar-refractivity contribution >= 4 is 24.7 Å². The van der Waals surface area contributed by atoms with E-state index in [1.165, 1.54) is 10.4 Å². The summed E-state index contributed by atoms with van der Waals surface area (Å²) in [5, 5.41) is 2.58. The first-order chi connectivity index (χ1) is 15.8. The van der Waals surface area contributed by atoms with Crippen LogP contribution in [0.3, 0.4) is 0 Å². The standard InChI is InChI=1S/C29H36O3Si/c1-24(32-28(30)25-17-8-5-9-18-25)16-14-15-23-31-33(29(2,3)4,26-19-10-6-11-20-26)27-21-12-7-13-22-27/h5-13,17-22,24H,14-16,23H2,1-4H3/t24-/m0/s1. The van der Waals surface area contributed by atoms with Crippen LogP contribution in [0, 0.1) is 0 Å². The highest BCUT2D eigenvalue weighted by Gasteiger charge is 2.49. The minimum atomic E-state index is -2.48. The normalized spacial score (nSPS) is 12.8. The zero-order valence-electron chi connectivity index (χ0n) is 20.3. The van der Waals surface area contributed by atoms with E-state index < -0.39 is 8.32 Å². The van der Waals surface area contributed by atoms with Crippen molar-refractivity contribution in [2.24, 2.45) is 0 Å². The molecule has 0 N–H and O–H groups in total. The van der Waals surface area contributed by atoms with Gasteiger partial charge in [-0.1, -0.05) is 99.6 Å². The van der Waals surface area contributed by atoms with Gasteiger partial charge in [-0.2, -0.15) is 0 Å². The maximum absolute atomic E-state index is 12.3. The lowest BCUT2D eigenvalue weighted by atomic mass is 10.2. The van der Waals surface area contributed by atoms with Gasteiger partial charge in [0.05, 0.1) is 11.7 Å². The van der Waals surface area contributed by atoms with Crippen LogP contribution in [0.15, 0.2) is 91.0 Å². The fraction of sp³-hybridized carbons (Fsp3) is 0.345. The third-order valence-electron chi connectivity index (χ3n) is 6.06. The molecule has 0 aliphatic heterocycles. The van der Waals surface area contributed by atoms with Crippen molar-refractivity contribution in [3.8, 4) is 0 Å². The summed E-state index contributed by atoms with van der Waals surface area (Å²) in [6.07, 6.45) is 2.58. The first kappa shape index (κ1) is 24.9. The minimum Gasteiger partial charge on any atom is -0.459 e. The maximum Gasteiger partial charge on any atom is 0.338 e. The molecule has 0 saturated carbocycles. The van der Waals surface area contributed by atoms with E-state index in [2.05, 4.69) is 81.4 Å².